The molecular weight excluding hydrogens is 422 g/mol. The SMILES string of the molecule is CC(C)(C)/C([O-])=C/C(=O)C(F)(F)C(F)(F)C(F)(F)F.[Ba+2]. The van der Waals surface area contributed by atoms with E-state index in [2.05, 4.69) is 0 Å². The summed E-state index contributed by atoms with van der Waals surface area (Å²) in [4.78, 5) is 10.8. The van der Waals surface area contributed by atoms with E-state index in [0.717, 1.165) is 0 Å². The van der Waals surface area contributed by atoms with E-state index in [9.17, 15) is 40.6 Å². The summed E-state index contributed by atoms with van der Waals surface area (Å²) in [5.74, 6) is -16.7. The molecule has 0 aromatic carbocycles. The van der Waals surface area contributed by atoms with Gasteiger partial charge in [-0.1, -0.05) is 20.8 Å². The third-order valence-electron chi connectivity index (χ3n) is 2.06. The maximum Gasteiger partial charge on any atom is 2.00 e. The van der Waals surface area contributed by atoms with Crippen molar-refractivity contribution in [2.45, 2.75) is 38.8 Å². The molecule has 112 valence electrons. The fourth-order valence-electron chi connectivity index (χ4n) is 0.759. The van der Waals surface area contributed by atoms with Crippen LogP contribution in [-0.2, 0) is 4.79 Å². The molecule has 0 aliphatic heterocycles. The number of rotatable bonds is 3. The maximum absolute atomic E-state index is 12.8. The summed E-state index contributed by atoms with van der Waals surface area (Å²) in [7, 11) is 0. The second-order valence-electron chi connectivity index (χ2n) is 4.77. The largest absolute Gasteiger partial charge is 2.00 e. The van der Waals surface area contributed by atoms with Crippen LogP contribution in [-0.4, -0.2) is 72.7 Å². The first-order valence-corrected chi connectivity index (χ1v) is 4.81. The van der Waals surface area contributed by atoms with Crippen LogP contribution >= 0.6 is 0 Å². The van der Waals surface area contributed by atoms with Crippen molar-refractivity contribution in [1.29, 1.82) is 0 Å². The third kappa shape index (κ3) is 4.65. The first-order chi connectivity index (χ1) is 8.05. The summed E-state index contributed by atoms with van der Waals surface area (Å²) in [6.45, 7) is 3.54. The fourth-order valence-corrected chi connectivity index (χ4v) is 0.759. The van der Waals surface area contributed by atoms with Crippen LogP contribution in [0.15, 0.2) is 11.8 Å². The van der Waals surface area contributed by atoms with Crippen molar-refractivity contribution in [3.05, 3.63) is 11.8 Å². The molecule has 0 aromatic heterocycles. The molecular formula is C10H10BaF7O2+. The van der Waals surface area contributed by atoms with Crippen LogP contribution in [0.1, 0.15) is 20.8 Å². The molecule has 0 radical (unpaired) electrons. The average molecular weight is 433 g/mol. The van der Waals surface area contributed by atoms with Gasteiger partial charge in [-0.25, -0.2) is 0 Å². The van der Waals surface area contributed by atoms with Crippen molar-refractivity contribution in [3.63, 3.8) is 0 Å². The molecule has 0 spiro atoms. The Morgan fingerprint density at radius 1 is 0.950 bits per heavy atom. The van der Waals surface area contributed by atoms with E-state index in [1.807, 2.05) is 0 Å². The Labute approximate surface area is 150 Å². The average Bonchev–Trinajstić information content (AvgIpc) is 2.13. The summed E-state index contributed by atoms with van der Waals surface area (Å²) < 4.78 is 86.0. The van der Waals surface area contributed by atoms with Gasteiger partial charge < -0.3 is 5.11 Å². The van der Waals surface area contributed by atoms with Crippen LogP contribution < -0.4 is 5.11 Å². The molecule has 0 rings (SSSR count). The van der Waals surface area contributed by atoms with Crippen molar-refractivity contribution >= 4 is 54.7 Å². The minimum atomic E-state index is -6.61. The first kappa shape index (κ1) is 22.6. The van der Waals surface area contributed by atoms with Crippen LogP contribution in [0.25, 0.3) is 0 Å². The second-order valence-corrected chi connectivity index (χ2v) is 4.77. The Bertz CT molecular complexity index is 393. The Kier molecular flexibility index (Phi) is 7.44. The zero-order valence-electron chi connectivity index (χ0n) is 10.7. The van der Waals surface area contributed by atoms with Crippen LogP contribution in [0, 0.1) is 5.41 Å². The molecule has 0 bridgehead atoms. The molecule has 0 aliphatic carbocycles. The minimum Gasteiger partial charge on any atom is -0.875 e. The van der Waals surface area contributed by atoms with E-state index >= 15 is 0 Å². The predicted octanol–water partition coefficient (Wildman–Crippen LogP) is 2.30. The minimum absolute atomic E-state index is 0. The van der Waals surface area contributed by atoms with Gasteiger partial charge in [-0.2, -0.15) is 30.7 Å². The quantitative estimate of drug-likeness (QED) is 0.297. The number of carbonyl (C=O) groups is 1. The summed E-state index contributed by atoms with van der Waals surface area (Å²) >= 11 is 0. The molecule has 0 aromatic rings. The van der Waals surface area contributed by atoms with E-state index in [-0.39, 0.29) is 48.9 Å². The smallest absolute Gasteiger partial charge is 0.875 e. The standard InChI is InChI=1S/C10H11F7O2.Ba/c1-7(2,3)5(18)4-6(19)8(11,12)9(13,14)10(15,16)17;/h4,18H,1-3H3;/q;+2/p-1/b5-4-;. The van der Waals surface area contributed by atoms with Gasteiger partial charge in [0.1, 0.15) is 0 Å². The van der Waals surface area contributed by atoms with Crippen molar-refractivity contribution in [2.24, 2.45) is 5.41 Å². The fraction of sp³-hybridized carbons (Fsp3) is 0.700. The third-order valence-corrected chi connectivity index (χ3v) is 2.06. The number of hydrogen-bond acceptors (Lipinski definition) is 2. The molecule has 2 nitrogen and oxygen atoms in total. The predicted molar refractivity (Wildman–Crippen MR) is 54.2 cm³/mol. The number of carbonyl (C=O) groups excluding carboxylic acids is 1. The Morgan fingerprint density at radius 3 is 1.55 bits per heavy atom. The number of halogens is 7. The van der Waals surface area contributed by atoms with Gasteiger partial charge in [0.2, 0.25) is 5.78 Å². The molecule has 0 unspecified atom stereocenters. The number of alkyl halides is 7. The summed E-state index contributed by atoms with van der Waals surface area (Å²) in [6, 6.07) is 0. The summed E-state index contributed by atoms with van der Waals surface area (Å²) in [5.41, 5.74) is -1.36. The van der Waals surface area contributed by atoms with Gasteiger partial charge in [0.15, 0.2) is 0 Å². The van der Waals surface area contributed by atoms with Gasteiger partial charge in [-0.05, 0) is 11.5 Å². The van der Waals surface area contributed by atoms with Crippen molar-refractivity contribution in [1.82, 2.24) is 0 Å². The van der Waals surface area contributed by atoms with E-state index in [0.29, 0.717) is 0 Å². The summed E-state index contributed by atoms with van der Waals surface area (Å²) in [6.07, 6.45) is -7.04. The topological polar surface area (TPSA) is 40.1 Å². The van der Waals surface area contributed by atoms with Gasteiger partial charge in [0, 0.05) is 0 Å². The molecule has 20 heavy (non-hydrogen) atoms. The zero-order chi connectivity index (χ0) is 15.9. The van der Waals surface area contributed by atoms with Gasteiger partial charge >= 0.3 is 66.9 Å². The number of ketones is 1. The molecule has 0 amide bonds. The van der Waals surface area contributed by atoms with Crippen molar-refractivity contribution < 1.29 is 40.6 Å². The van der Waals surface area contributed by atoms with Crippen LogP contribution in [0.2, 0.25) is 0 Å². The second kappa shape index (κ2) is 6.59. The van der Waals surface area contributed by atoms with E-state index < -0.39 is 41.1 Å². The van der Waals surface area contributed by atoms with E-state index in [1.54, 1.807) is 0 Å². The van der Waals surface area contributed by atoms with Crippen molar-refractivity contribution in [3.8, 4) is 0 Å². The monoisotopic (exact) mass is 433 g/mol. The molecule has 10 heteroatoms. The Hall–Kier alpha value is 0.291. The van der Waals surface area contributed by atoms with Gasteiger partial charge in [0.05, 0.1) is 0 Å². The van der Waals surface area contributed by atoms with Gasteiger partial charge in [-0.3, -0.25) is 4.79 Å². The molecule has 0 saturated heterocycles. The van der Waals surface area contributed by atoms with Crippen molar-refractivity contribution in [2.75, 3.05) is 0 Å². The molecule has 0 saturated carbocycles. The Morgan fingerprint density at radius 2 is 1.30 bits per heavy atom. The first-order valence-electron chi connectivity index (χ1n) is 4.81. The molecule has 0 atom stereocenters. The summed E-state index contributed by atoms with van der Waals surface area (Å²) in [5, 5.41) is 11.2. The van der Waals surface area contributed by atoms with Crippen LogP contribution in [0.3, 0.4) is 0 Å². The molecule has 0 aliphatic rings. The Balaban J connectivity index is 0. The van der Waals surface area contributed by atoms with Gasteiger partial charge in [-0.15, -0.1) is 5.76 Å². The zero-order valence-corrected chi connectivity index (χ0v) is 15.2. The molecule has 0 heterocycles. The normalized spacial score (nSPS) is 14.8. The molecule has 0 N–H and O–H groups in total. The number of allylic oxidation sites excluding steroid dienone is 2. The molecule has 0 fully saturated rings. The van der Waals surface area contributed by atoms with Crippen LogP contribution in [0.5, 0.6) is 0 Å². The van der Waals surface area contributed by atoms with Crippen LogP contribution in [0.4, 0.5) is 30.7 Å². The van der Waals surface area contributed by atoms with E-state index in [4.69, 9.17) is 0 Å². The van der Waals surface area contributed by atoms with Gasteiger partial charge in [0.25, 0.3) is 0 Å². The number of hydrogen-bond donors (Lipinski definition) is 0. The maximum atomic E-state index is 12.8. The van der Waals surface area contributed by atoms with E-state index in [1.165, 1.54) is 20.8 Å².